The molecule has 2 aromatic rings. The van der Waals surface area contributed by atoms with Crippen LogP contribution >= 0.6 is 11.6 Å². The highest BCUT2D eigenvalue weighted by atomic mass is 35.5. The van der Waals surface area contributed by atoms with Crippen LogP contribution < -0.4 is 5.56 Å². The molecule has 0 fully saturated rings. The third-order valence-electron chi connectivity index (χ3n) is 1.61. The molecule has 0 aliphatic heterocycles. The molecule has 0 atom stereocenters. The Labute approximate surface area is 88.6 Å². The van der Waals surface area contributed by atoms with Crippen molar-refractivity contribution in [1.82, 2.24) is 19.9 Å². The van der Waals surface area contributed by atoms with Gasteiger partial charge in [0, 0.05) is 12.4 Å². The van der Waals surface area contributed by atoms with Crippen molar-refractivity contribution in [2.45, 2.75) is 0 Å². The average molecular weight is 225 g/mol. The summed E-state index contributed by atoms with van der Waals surface area (Å²) in [5, 5.41) is 9.23. The molecule has 0 radical (unpaired) electrons. The van der Waals surface area contributed by atoms with Crippen molar-refractivity contribution in [1.29, 1.82) is 0 Å². The molecular formula is C8H5ClN4O2. The van der Waals surface area contributed by atoms with Gasteiger partial charge in [-0.2, -0.15) is 4.98 Å². The number of hydrogen-bond donors (Lipinski definition) is 2. The summed E-state index contributed by atoms with van der Waals surface area (Å²) >= 11 is 5.75. The first-order chi connectivity index (χ1) is 7.16. The standard InChI is InChI=1S/C8H5ClN4O2/c9-7-6(10-1-2-11-7)8-12-4(14)3-5(15)13-8/h1-3H,(H2,12,13,14,15). The van der Waals surface area contributed by atoms with Crippen LogP contribution in [-0.4, -0.2) is 25.0 Å². The van der Waals surface area contributed by atoms with Crippen LogP contribution in [0.2, 0.25) is 5.15 Å². The van der Waals surface area contributed by atoms with Gasteiger partial charge in [-0.15, -0.1) is 0 Å². The second kappa shape index (κ2) is 3.66. The Bertz CT molecular complexity index is 554. The van der Waals surface area contributed by atoms with E-state index in [1.54, 1.807) is 0 Å². The highest BCUT2D eigenvalue weighted by Gasteiger charge is 2.09. The molecule has 15 heavy (non-hydrogen) atoms. The summed E-state index contributed by atoms with van der Waals surface area (Å²) in [5.74, 6) is -0.312. The number of rotatable bonds is 1. The quantitative estimate of drug-likeness (QED) is 0.740. The maximum absolute atomic E-state index is 11.0. The van der Waals surface area contributed by atoms with E-state index in [0.717, 1.165) is 6.07 Å². The van der Waals surface area contributed by atoms with Gasteiger partial charge in [-0.3, -0.25) is 4.79 Å². The molecule has 0 spiro atoms. The van der Waals surface area contributed by atoms with E-state index in [9.17, 15) is 4.79 Å². The molecule has 6 nitrogen and oxygen atoms in total. The summed E-state index contributed by atoms with van der Waals surface area (Å²) in [5.41, 5.74) is -0.272. The molecule has 0 aliphatic rings. The summed E-state index contributed by atoms with van der Waals surface area (Å²) < 4.78 is 0. The van der Waals surface area contributed by atoms with E-state index < -0.39 is 11.4 Å². The molecule has 0 amide bonds. The van der Waals surface area contributed by atoms with Gasteiger partial charge in [-0.25, -0.2) is 9.97 Å². The minimum absolute atomic E-state index is 0.0816. The Morgan fingerprint density at radius 3 is 2.73 bits per heavy atom. The van der Waals surface area contributed by atoms with Gasteiger partial charge in [0.05, 0.1) is 6.07 Å². The number of H-pyrrole nitrogens is 1. The van der Waals surface area contributed by atoms with Crippen LogP contribution in [0.25, 0.3) is 11.5 Å². The third kappa shape index (κ3) is 1.94. The summed E-state index contributed by atoms with van der Waals surface area (Å²) in [6.07, 6.45) is 2.82. The normalized spacial score (nSPS) is 10.2. The smallest absolute Gasteiger partial charge is 0.255 e. The highest BCUT2D eigenvalue weighted by molar-refractivity contribution is 6.31. The zero-order valence-electron chi connectivity index (χ0n) is 7.31. The first-order valence-electron chi connectivity index (χ1n) is 3.94. The molecular weight excluding hydrogens is 220 g/mol. The van der Waals surface area contributed by atoms with Crippen molar-refractivity contribution >= 4 is 11.6 Å². The zero-order chi connectivity index (χ0) is 10.8. The average Bonchev–Trinajstić information content (AvgIpc) is 2.16. The molecule has 0 aliphatic carbocycles. The molecule has 2 N–H and O–H groups in total. The number of aromatic hydroxyl groups is 1. The van der Waals surface area contributed by atoms with Crippen molar-refractivity contribution < 1.29 is 5.11 Å². The number of aromatic nitrogens is 4. The van der Waals surface area contributed by atoms with Crippen LogP contribution in [0.3, 0.4) is 0 Å². The van der Waals surface area contributed by atoms with E-state index in [1.165, 1.54) is 12.4 Å². The molecule has 0 aromatic carbocycles. The highest BCUT2D eigenvalue weighted by Crippen LogP contribution is 2.19. The van der Waals surface area contributed by atoms with Gasteiger partial charge in [-0.1, -0.05) is 11.6 Å². The molecule has 7 heteroatoms. The van der Waals surface area contributed by atoms with Crippen molar-refractivity contribution in [3.05, 3.63) is 34.0 Å². The van der Waals surface area contributed by atoms with Crippen molar-refractivity contribution in [2.75, 3.05) is 0 Å². The SMILES string of the molecule is O=c1cc(O)nc(-c2nccnc2Cl)[nH]1. The van der Waals surface area contributed by atoms with Crippen LogP contribution in [0.4, 0.5) is 0 Å². The van der Waals surface area contributed by atoms with E-state index in [2.05, 4.69) is 19.9 Å². The van der Waals surface area contributed by atoms with Crippen LogP contribution in [0.5, 0.6) is 5.88 Å². The summed E-state index contributed by atoms with van der Waals surface area (Å²) in [6, 6.07) is 0.952. The Kier molecular flexibility index (Phi) is 2.34. The van der Waals surface area contributed by atoms with Crippen LogP contribution in [-0.2, 0) is 0 Å². The molecule has 2 aromatic heterocycles. The predicted octanol–water partition coefficient (Wildman–Crippen LogP) is 0.586. The maximum atomic E-state index is 11.0. The fourth-order valence-corrected chi connectivity index (χ4v) is 1.23. The van der Waals surface area contributed by atoms with Gasteiger partial charge < -0.3 is 10.1 Å². The number of halogens is 1. The second-order valence-corrected chi connectivity index (χ2v) is 3.01. The van der Waals surface area contributed by atoms with Crippen molar-refractivity contribution in [3.8, 4) is 17.4 Å². The number of nitrogens with zero attached hydrogens (tertiary/aromatic N) is 3. The first kappa shape index (κ1) is 9.60. The summed E-state index contributed by atoms with van der Waals surface area (Å²) in [7, 11) is 0. The summed E-state index contributed by atoms with van der Waals surface area (Å²) in [4.78, 5) is 24.8. The Morgan fingerprint density at radius 1 is 1.33 bits per heavy atom. The molecule has 0 unspecified atom stereocenters. The van der Waals surface area contributed by atoms with Gasteiger partial charge in [0.1, 0.15) is 5.69 Å². The Hall–Kier alpha value is -1.95. The molecule has 0 saturated heterocycles. The maximum Gasteiger partial charge on any atom is 0.255 e. The lowest BCUT2D eigenvalue weighted by atomic mass is 10.4. The first-order valence-corrected chi connectivity index (χ1v) is 4.32. The molecule has 0 saturated carbocycles. The van der Waals surface area contributed by atoms with Gasteiger partial charge in [0.2, 0.25) is 5.88 Å². The number of aromatic amines is 1. The summed E-state index contributed by atoms with van der Waals surface area (Å²) in [6.45, 7) is 0. The topological polar surface area (TPSA) is 91.8 Å². The second-order valence-electron chi connectivity index (χ2n) is 2.65. The number of nitrogens with one attached hydrogen (secondary N) is 1. The third-order valence-corrected chi connectivity index (χ3v) is 1.88. The van der Waals surface area contributed by atoms with Gasteiger partial charge >= 0.3 is 0 Å². The van der Waals surface area contributed by atoms with Gasteiger partial charge in [0.15, 0.2) is 11.0 Å². The predicted molar refractivity (Wildman–Crippen MR) is 52.6 cm³/mol. The van der Waals surface area contributed by atoms with Crippen molar-refractivity contribution in [3.63, 3.8) is 0 Å². The van der Waals surface area contributed by atoms with E-state index in [4.69, 9.17) is 16.7 Å². The minimum Gasteiger partial charge on any atom is -0.493 e. The zero-order valence-corrected chi connectivity index (χ0v) is 8.06. The lowest BCUT2D eigenvalue weighted by Gasteiger charge is -2.00. The van der Waals surface area contributed by atoms with E-state index in [1.807, 2.05) is 0 Å². The van der Waals surface area contributed by atoms with E-state index >= 15 is 0 Å². The lowest BCUT2D eigenvalue weighted by Crippen LogP contribution is -2.07. The van der Waals surface area contributed by atoms with Crippen LogP contribution in [0, 0.1) is 0 Å². The van der Waals surface area contributed by atoms with Gasteiger partial charge in [0.25, 0.3) is 5.56 Å². The molecule has 2 rings (SSSR count). The fourth-order valence-electron chi connectivity index (χ4n) is 1.04. The Morgan fingerprint density at radius 2 is 2.07 bits per heavy atom. The molecule has 0 bridgehead atoms. The van der Waals surface area contributed by atoms with Gasteiger partial charge in [-0.05, 0) is 0 Å². The Balaban J connectivity index is 2.64. The fraction of sp³-hybridized carbons (Fsp3) is 0. The van der Waals surface area contributed by atoms with E-state index in [-0.39, 0.29) is 16.7 Å². The largest absolute Gasteiger partial charge is 0.493 e. The van der Waals surface area contributed by atoms with Crippen molar-refractivity contribution in [2.24, 2.45) is 0 Å². The monoisotopic (exact) mass is 224 g/mol. The minimum atomic E-state index is -0.487. The number of hydrogen-bond acceptors (Lipinski definition) is 5. The molecule has 2 heterocycles. The molecule has 76 valence electrons. The van der Waals surface area contributed by atoms with Crippen LogP contribution in [0.1, 0.15) is 0 Å². The van der Waals surface area contributed by atoms with Crippen LogP contribution in [0.15, 0.2) is 23.3 Å². The lowest BCUT2D eigenvalue weighted by molar-refractivity contribution is 0.452. The van der Waals surface area contributed by atoms with E-state index in [0.29, 0.717) is 0 Å².